The van der Waals surface area contributed by atoms with Crippen molar-refractivity contribution in [2.75, 3.05) is 19.1 Å². The van der Waals surface area contributed by atoms with Crippen molar-refractivity contribution < 1.29 is 18.0 Å². The lowest BCUT2D eigenvalue weighted by atomic mass is 10.2. The van der Waals surface area contributed by atoms with E-state index in [1.54, 1.807) is 5.38 Å². The summed E-state index contributed by atoms with van der Waals surface area (Å²) in [4.78, 5) is 28.6. The van der Waals surface area contributed by atoms with Crippen LogP contribution in [-0.2, 0) is 14.6 Å². The summed E-state index contributed by atoms with van der Waals surface area (Å²) in [7, 11) is -1.81. The molecule has 1 aromatic heterocycles. The van der Waals surface area contributed by atoms with Crippen LogP contribution in [-0.4, -0.2) is 50.3 Å². The Morgan fingerprint density at radius 3 is 2.46 bits per heavy atom. The number of likely N-dealkylation sites (N-methyl/N-ethyl adjacent to an activating group) is 1. The normalized spacial score (nSPS) is 12.4. The van der Waals surface area contributed by atoms with Crippen LogP contribution < -0.4 is 10.6 Å². The first kappa shape index (κ1) is 20.1. The quantitative estimate of drug-likeness (QED) is 0.737. The largest absolute Gasteiger partial charge is 0.357 e. The van der Waals surface area contributed by atoms with Crippen molar-refractivity contribution in [3.8, 4) is 10.6 Å². The predicted molar refractivity (Wildman–Crippen MR) is 102 cm³/mol. The van der Waals surface area contributed by atoms with Crippen LogP contribution in [0.25, 0.3) is 10.6 Å². The highest BCUT2D eigenvalue weighted by atomic mass is 32.2. The molecular weight excluding hydrogens is 374 g/mol. The first-order valence-electron chi connectivity index (χ1n) is 7.92. The summed E-state index contributed by atoms with van der Waals surface area (Å²) in [5, 5.41) is 7.30. The average molecular weight is 396 g/mol. The summed E-state index contributed by atoms with van der Waals surface area (Å²) >= 11 is 1.33. The molecule has 0 aliphatic rings. The zero-order chi connectivity index (χ0) is 19.3. The molecule has 140 valence electrons. The van der Waals surface area contributed by atoms with Crippen LogP contribution >= 0.6 is 11.3 Å². The molecule has 0 aliphatic heterocycles. The topological polar surface area (TPSA) is 105 Å². The lowest BCUT2D eigenvalue weighted by Crippen LogP contribution is -2.46. The molecule has 0 fully saturated rings. The van der Waals surface area contributed by atoms with Crippen LogP contribution in [0.3, 0.4) is 0 Å². The lowest BCUT2D eigenvalue weighted by molar-refractivity contribution is -0.122. The first-order chi connectivity index (χ1) is 12.2. The van der Waals surface area contributed by atoms with Crippen LogP contribution in [0.1, 0.15) is 22.5 Å². The van der Waals surface area contributed by atoms with Gasteiger partial charge in [-0.05, 0) is 13.3 Å². The number of rotatable bonds is 7. The summed E-state index contributed by atoms with van der Waals surface area (Å²) in [6.07, 6.45) is 1.09. The molecule has 1 atom stereocenters. The van der Waals surface area contributed by atoms with Crippen LogP contribution in [0, 0.1) is 6.92 Å². The Morgan fingerprint density at radius 2 is 1.88 bits per heavy atom. The molecule has 0 saturated heterocycles. The van der Waals surface area contributed by atoms with Crippen molar-refractivity contribution in [1.29, 1.82) is 0 Å². The number of amides is 2. The molecule has 2 rings (SSSR count). The Kier molecular flexibility index (Phi) is 6.49. The minimum atomic E-state index is -3.24. The van der Waals surface area contributed by atoms with Gasteiger partial charge in [0.05, 0.1) is 5.75 Å². The molecule has 7 nitrogen and oxygen atoms in total. The van der Waals surface area contributed by atoms with E-state index in [1.165, 1.54) is 18.4 Å². The highest BCUT2D eigenvalue weighted by Gasteiger charge is 2.23. The molecule has 0 aliphatic carbocycles. The minimum Gasteiger partial charge on any atom is -0.357 e. The number of aromatic nitrogens is 1. The second kappa shape index (κ2) is 8.41. The van der Waals surface area contributed by atoms with Gasteiger partial charge in [-0.1, -0.05) is 29.8 Å². The van der Waals surface area contributed by atoms with Gasteiger partial charge in [0, 0.05) is 24.2 Å². The summed E-state index contributed by atoms with van der Waals surface area (Å²) in [5.74, 6) is -1.16. The molecule has 9 heteroatoms. The minimum absolute atomic E-state index is 0.000791. The molecule has 1 aromatic carbocycles. The van der Waals surface area contributed by atoms with E-state index in [-0.39, 0.29) is 17.9 Å². The van der Waals surface area contributed by atoms with E-state index in [0.717, 1.165) is 17.4 Å². The molecule has 0 bridgehead atoms. The fraction of sp³-hybridized carbons (Fsp3) is 0.353. The molecule has 0 saturated carbocycles. The van der Waals surface area contributed by atoms with Gasteiger partial charge in [0.25, 0.3) is 5.91 Å². The molecule has 0 spiro atoms. The lowest BCUT2D eigenvalue weighted by Gasteiger charge is -2.16. The maximum Gasteiger partial charge on any atom is 0.271 e. The molecule has 26 heavy (non-hydrogen) atoms. The van der Waals surface area contributed by atoms with Gasteiger partial charge >= 0.3 is 0 Å². The van der Waals surface area contributed by atoms with E-state index < -0.39 is 27.7 Å². The SMILES string of the molecule is CNC(=O)C(CCS(C)(=O)=O)NC(=O)c1csc(-c2ccc(C)cc2)n1. The fourth-order valence-corrected chi connectivity index (χ4v) is 3.68. The van der Waals surface area contributed by atoms with Crippen molar-refractivity contribution in [2.24, 2.45) is 0 Å². The summed E-state index contributed by atoms with van der Waals surface area (Å²) in [5.41, 5.74) is 2.22. The standard InChI is InChI=1S/C17H21N3O4S2/c1-11-4-6-12(7-5-11)17-20-14(10-25-17)16(22)19-13(15(21)18-2)8-9-26(3,23)24/h4-7,10,13H,8-9H2,1-3H3,(H,18,21)(H,19,22). The number of benzene rings is 1. The first-order valence-corrected chi connectivity index (χ1v) is 10.9. The van der Waals surface area contributed by atoms with Gasteiger partial charge in [-0.15, -0.1) is 11.3 Å². The Labute approximate surface area is 156 Å². The molecule has 2 aromatic rings. The number of hydrogen-bond donors (Lipinski definition) is 2. The maximum atomic E-state index is 12.4. The van der Waals surface area contributed by atoms with Gasteiger partial charge in [0.15, 0.2) is 0 Å². The second-order valence-electron chi connectivity index (χ2n) is 5.96. The van der Waals surface area contributed by atoms with E-state index in [0.29, 0.717) is 5.01 Å². The Hall–Kier alpha value is -2.26. The predicted octanol–water partition coefficient (Wildman–Crippen LogP) is 1.40. The monoisotopic (exact) mass is 395 g/mol. The molecular formula is C17H21N3O4S2. The van der Waals surface area contributed by atoms with Gasteiger partial charge < -0.3 is 10.6 Å². The van der Waals surface area contributed by atoms with Gasteiger partial charge in [0.2, 0.25) is 5.91 Å². The van der Waals surface area contributed by atoms with Crippen LogP contribution in [0.5, 0.6) is 0 Å². The summed E-state index contributed by atoms with van der Waals surface area (Å²) in [6.45, 7) is 1.99. The van der Waals surface area contributed by atoms with Gasteiger partial charge in [-0.25, -0.2) is 13.4 Å². The van der Waals surface area contributed by atoms with Crippen molar-refractivity contribution in [3.63, 3.8) is 0 Å². The zero-order valence-electron chi connectivity index (χ0n) is 14.8. The van der Waals surface area contributed by atoms with Crippen molar-refractivity contribution >= 4 is 33.0 Å². The number of aryl methyl sites for hydroxylation is 1. The Bertz CT molecular complexity index is 889. The van der Waals surface area contributed by atoms with Gasteiger partial charge in [-0.3, -0.25) is 9.59 Å². The Balaban J connectivity index is 2.11. The molecule has 2 N–H and O–H groups in total. The van der Waals surface area contributed by atoms with Crippen LogP contribution in [0.2, 0.25) is 0 Å². The number of carbonyl (C=O) groups excluding carboxylic acids is 2. The van der Waals surface area contributed by atoms with Crippen molar-refractivity contribution in [1.82, 2.24) is 15.6 Å². The molecule has 2 amide bonds. The molecule has 1 unspecified atom stereocenters. The van der Waals surface area contributed by atoms with Crippen LogP contribution in [0.4, 0.5) is 0 Å². The number of hydrogen-bond acceptors (Lipinski definition) is 6. The maximum absolute atomic E-state index is 12.4. The van der Waals surface area contributed by atoms with E-state index in [9.17, 15) is 18.0 Å². The summed E-state index contributed by atoms with van der Waals surface area (Å²) in [6, 6.07) is 6.84. The number of nitrogens with zero attached hydrogens (tertiary/aromatic N) is 1. The van der Waals surface area contributed by atoms with E-state index in [2.05, 4.69) is 15.6 Å². The third-order valence-corrected chi connectivity index (χ3v) is 5.55. The second-order valence-corrected chi connectivity index (χ2v) is 9.08. The number of sulfone groups is 1. The molecule has 1 heterocycles. The van der Waals surface area contributed by atoms with Gasteiger partial charge in [-0.2, -0.15) is 0 Å². The fourth-order valence-electron chi connectivity index (χ4n) is 2.21. The molecule has 0 radical (unpaired) electrons. The van der Waals surface area contributed by atoms with Crippen LogP contribution in [0.15, 0.2) is 29.6 Å². The van der Waals surface area contributed by atoms with Crippen molar-refractivity contribution in [2.45, 2.75) is 19.4 Å². The summed E-state index contributed by atoms with van der Waals surface area (Å²) < 4.78 is 22.7. The smallest absolute Gasteiger partial charge is 0.271 e. The zero-order valence-corrected chi connectivity index (χ0v) is 16.4. The highest BCUT2D eigenvalue weighted by Crippen LogP contribution is 2.24. The van der Waals surface area contributed by atoms with Crippen molar-refractivity contribution in [3.05, 3.63) is 40.9 Å². The number of carbonyl (C=O) groups is 2. The number of thiazole rings is 1. The van der Waals surface area contributed by atoms with E-state index in [4.69, 9.17) is 0 Å². The number of nitrogens with one attached hydrogen (secondary N) is 2. The third kappa shape index (κ3) is 5.63. The highest BCUT2D eigenvalue weighted by molar-refractivity contribution is 7.90. The Morgan fingerprint density at radius 1 is 1.23 bits per heavy atom. The van der Waals surface area contributed by atoms with E-state index in [1.807, 2.05) is 31.2 Å². The van der Waals surface area contributed by atoms with E-state index >= 15 is 0 Å². The van der Waals surface area contributed by atoms with Gasteiger partial charge in [0.1, 0.15) is 26.6 Å². The average Bonchev–Trinajstić information content (AvgIpc) is 3.07. The third-order valence-electron chi connectivity index (χ3n) is 3.68.